The lowest BCUT2D eigenvalue weighted by atomic mass is 10.0. The van der Waals surface area contributed by atoms with E-state index in [-0.39, 0.29) is 23.2 Å². The maximum Gasteiger partial charge on any atom is 0.255 e. The second kappa shape index (κ2) is 5.46. The molecule has 1 fully saturated rings. The van der Waals surface area contributed by atoms with Gasteiger partial charge in [0.05, 0.1) is 17.3 Å². The van der Waals surface area contributed by atoms with Gasteiger partial charge in [0.2, 0.25) is 5.56 Å². The summed E-state index contributed by atoms with van der Waals surface area (Å²) in [6.07, 6.45) is 1.44. The maximum absolute atomic E-state index is 12.4. The van der Waals surface area contributed by atoms with Crippen molar-refractivity contribution in [3.8, 4) is 0 Å². The van der Waals surface area contributed by atoms with Crippen LogP contribution in [-0.2, 0) is 4.74 Å². The van der Waals surface area contributed by atoms with E-state index in [9.17, 15) is 9.59 Å². The van der Waals surface area contributed by atoms with Crippen molar-refractivity contribution >= 4 is 21.8 Å². The van der Waals surface area contributed by atoms with Gasteiger partial charge < -0.3 is 14.6 Å². The molecule has 1 unspecified atom stereocenters. The second-order valence-electron chi connectivity index (χ2n) is 5.28. The zero-order valence-corrected chi connectivity index (χ0v) is 12.6. The number of halogens is 1. The summed E-state index contributed by atoms with van der Waals surface area (Å²) in [4.78, 5) is 27.7. The van der Waals surface area contributed by atoms with Crippen molar-refractivity contribution in [1.82, 2.24) is 9.88 Å². The summed E-state index contributed by atoms with van der Waals surface area (Å²) in [5.74, 6) is -0.0847. The molecule has 0 saturated carbocycles. The summed E-state index contributed by atoms with van der Waals surface area (Å²) in [7, 11) is 0. The van der Waals surface area contributed by atoms with E-state index in [1.807, 2.05) is 13.8 Å². The fourth-order valence-electron chi connectivity index (χ4n) is 2.26. The first-order valence-corrected chi connectivity index (χ1v) is 7.25. The van der Waals surface area contributed by atoms with Crippen LogP contribution >= 0.6 is 15.9 Å². The lowest BCUT2D eigenvalue weighted by Gasteiger charge is -2.42. The predicted molar refractivity (Wildman–Crippen MR) is 75.7 cm³/mol. The Bertz CT molecular complexity index is 506. The van der Waals surface area contributed by atoms with Gasteiger partial charge in [0.15, 0.2) is 0 Å². The lowest BCUT2D eigenvalue weighted by molar-refractivity contribution is -0.116. The fourth-order valence-corrected chi connectivity index (χ4v) is 2.59. The summed E-state index contributed by atoms with van der Waals surface area (Å²) < 4.78 is 5.86. The number of pyridine rings is 1. The summed E-state index contributed by atoms with van der Waals surface area (Å²) in [6.45, 7) is 5.02. The van der Waals surface area contributed by atoms with Gasteiger partial charge in [-0.1, -0.05) is 15.9 Å². The van der Waals surface area contributed by atoms with Gasteiger partial charge in [-0.25, -0.2) is 0 Å². The predicted octanol–water partition coefficient (Wildman–Crippen LogP) is 1.39. The summed E-state index contributed by atoms with van der Waals surface area (Å²) in [6, 6.07) is 2.91. The molecular formula is C13H17BrN2O3. The number of aromatic nitrogens is 1. The van der Waals surface area contributed by atoms with E-state index < -0.39 is 0 Å². The molecule has 1 N–H and O–H groups in total. The Morgan fingerprint density at radius 2 is 2.32 bits per heavy atom. The Kier molecular flexibility index (Phi) is 4.10. The smallest absolute Gasteiger partial charge is 0.255 e. The molecule has 6 heteroatoms. The molecule has 1 amide bonds. The van der Waals surface area contributed by atoms with Gasteiger partial charge in [-0.3, -0.25) is 9.59 Å². The Labute approximate surface area is 120 Å². The quantitative estimate of drug-likeness (QED) is 0.834. The number of hydrogen-bond acceptors (Lipinski definition) is 3. The first kappa shape index (κ1) is 14.3. The first-order chi connectivity index (χ1) is 8.91. The number of carbonyl (C=O) groups is 1. The molecule has 0 bridgehead atoms. The van der Waals surface area contributed by atoms with Crippen molar-refractivity contribution in [3.05, 3.63) is 34.2 Å². The Balaban J connectivity index is 2.18. The largest absolute Gasteiger partial charge is 0.368 e. The fraction of sp³-hybridized carbons (Fsp3) is 0.538. The number of carbonyl (C=O) groups excluding carboxylic acids is 1. The van der Waals surface area contributed by atoms with E-state index in [0.29, 0.717) is 24.0 Å². The molecule has 104 valence electrons. The molecule has 5 nitrogen and oxygen atoms in total. The number of hydrogen-bond donors (Lipinski definition) is 1. The SMILES string of the molecule is CC1(C)CN(C(=O)c2ccc(=O)[nH]c2)CC(CBr)O1. The van der Waals surface area contributed by atoms with E-state index in [2.05, 4.69) is 20.9 Å². The highest BCUT2D eigenvalue weighted by Gasteiger charge is 2.35. The van der Waals surface area contributed by atoms with E-state index in [0.717, 1.165) is 0 Å². The molecule has 0 spiro atoms. The van der Waals surface area contributed by atoms with E-state index >= 15 is 0 Å². The van der Waals surface area contributed by atoms with Gasteiger partial charge in [-0.05, 0) is 19.9 Å². The highest BCUT2D eigenvalue weighted by atomic mass is 79.9. The van der Waals surface area contributed by atoms with Crippen LogP contribution < -0.4 is 5.56 Å². The number of alkyl halides is 1. The average Bonchev–Trinajstić information content (AvgIpc) is 2.37. The molecule has 1 saturated heterocycles. The van der Waals surface area contributed by atoms with Crippen molar-refractivity contribution in [3.63, 3.8) is 0 Å². The molecule has 0 aliphatic carbocycles. The van der Waals surface area contributed by atoms with Crippen molar-refractivity contribution in [2.45, 2.75) is 25.6 Å². The van der Waals surface area contributed by atoms with Gasteiger partial charge in [0.25, 0.3) is 5.91 Å². The highest BCUT2D eigenvalue weighted by Crippen LogP contribution is 2.23. The maximum atomic E-state index is 12.4. The van der Waals surface area contributed by atoms with Gasteiger partial charge >= 0.3 is 0 Å². The van der Waals surface area contributed by atoms with Crippen LogP contribution in [0.3, 0.4) is 0 Å². The zero-order valence-electron chi connectivity index (χ0n) is 11.0. The number of aromatic amines is 1. The van der Waals surface area contributed by atoms with Crippen LogP contribution in [0.1, 0.15) is 24.2 Å². The number of rotatable bonds is 2. The molecule has 1 aliphatic heterocycles. The molecule has 1 atom stereocenters. The molecule has 19 heavy (non-hydrogen) atoms. The Morgan fingerprint density at radius 3 is 2.89 bits per heavy atom. The van der Waals surface area contributed by atoms with Crippen molar-refractivity contribution in [2.75, 3.05) is 18.4 Å². The number of morpholine rings is 1. The minimum absolute atomic E-state index is 0.0181. The number of ether oxygens (including phenoxy) is 1. The molecular weight excluding hydrogens is 312 g/mol. The normalized spacial score (nSPS) is 22.3. The number of amides is 1. The van der Waals surface area contributed by atoms with Gasteiger partial charge in [0.1, 0.15) is 0 Å². The summed E-state index contributed by atoms with van der Waals surface area (Å²) in [5.41, 5.74) is -0.0861. The molecule has 0 aromatic carbocycles. The minimum atomic E-state index is -0.367. The van der Waals surface area contributed by atoms with Crippen molar-refractivity contribution < 1.29 is 9.53 Å². The summed E-state index contributed by atoms with van der Waals surface area (Å²) >= 11 is 3.39. The van der Waals surface area contributed by atoms with Crippen molar-refractivity contribution in [2.24, 2.45) is 0 Å². The van der Waals surface area contributed by atoms with Crippen molar-refractivity contribution in [1.29, 1.82) is 0 Å². The van der Waals surface area contributed by atoms with E-state index in [4.69, 9.17) is 4.74 Å². The number of H-pyrrole nitrogens is 1. The van der Waals surface area contributed by atoms with E-state index in [1.165, 1.54) is 12.3 Å². The van der Waals surface area contributed by atoms with Crippen LogP contribution in [0.5, 0.6) is 0 Å². The number of nitrogens with zero attached hydrogens (tertiary/aromatic N) is 1. The van der Waals surface area contributed by atoms with Crippen LogP contribution in [0.4, 0.5) is 0 Å². The second-order valence-corrected chi connectivity index (χ2v) is 5.93. The van der Waals surface area contributed by atoms with Crippen LogP contribution in [-0.4, -0.2) is 45.9 Å². The monoisotopic (exact) mass is 328 g/mol. The topological polar surface area (TPSA) is 62.4 Å². The Hall–Kier alpha value is -1.14. The molecule has 0 radical (unpaired) electrons. The van der Waals surface area contributed by atoms with Gasteiger partial charge in [-0.15, -0.1) is 0 Å². The molecule has 2 rings (SSSR count). The third-order valence-corrected chi connectivity index (χ3v) is 3.69. The lowest BCUT2D eigenvalue weighted by Crippen LogP contribution is -2.55. The standard InChI is InChI=1S/C13H17BrN2O3/c1-13(2)8-16(7-10(5-14)19-13)12(18)9-3-4-11(17)15-6-9/h3-4,6,10H,5,7-8H2,1-2H3,(H,15,17). The molecule has 2 heterocycles. The third kappa shape index (κ3) is 3.45. The average molecular weight is 329 g/mol. The molecule has 1 aromatic rings. The van der Waals surface area contributed by atoms with Crippen LogP contribution in [0.2, 0.25) is 0 Å². The number of nitrogens with one attached hydrogen (secondary N) is 1. The molecule has 1 aromatic heterocycles. The van der Waals surface area contributed by atoms with Gasteiger partial charge in [-0.2, -0.15) is 0 Å². The highest BCUT2D eigenvalue weighted by molar-refractivity contribution is 9.09. The first-order valence-electron chi connectivity index (χ1n) is 6.13. The minimum Gasteiger partial charge on any atom is -0.368 e. The zero-order chi connectivity index (χ0) is 14.0. The summed E-state index contributed by atoms with van der Waals surface area (Å²) in [5, 5.41) is 0.686. The molecule has 1 aliphatic rings. The van der Waals surface area contributed by atoms with E-state index in [1.54, 1.807) is 11.0 Å². The van der Waals surface area contributed by atoms with Crippen LogP contribution in [0.15, 0.2) is 23.1 Å². The van der Waals surface area contributed by atoms with Gasteiger partial charge in [0, 0.05) is 30.7 Å². The van der Waals surface area contributed by atoms with Crippen LogP contribution in [0.25, 0.3) is 0 Å². The Morgan fingerprint density at radius 1 is 1.58 bits per heavy atom. The van der Waals surface area contributed by atoms with Crippen LogP contribution in [0, 0.1) is 0 Å². The third-order valence-electron chi connectivity index (χ3n) is 2.97.